The van der Waals surface area contributed by atoms with Crippen molar-refractivity contribution in [3.05, 3.63) is 11.6 Å². The van der Waals surface area contributed by atoms with Gasteiger partial charge in [0.05, 0.1) is 6.10 Å². The maximum atomic E-state index is 9.89. The summed E-state index contributed by atoms with van der Waals surface area (Å²) in [5.41, 5.74) is 1.63. The molecule has 3 fully saturated rings. The highest BCUT2D eigenvalue weighted by atomic mass is 16.3. The van der Waals surface area contributed by atoms with E-state index in [9.17, 15) is 5.11 Å². The van der Waals surface area contributed by atoms with Crippen molar-refractivity contribution >= 4 is 0 Å². The Morgan fingerprint density at radius 3 is 2.68 bits per heavy atom. The van der Waals surface area contributed by atoms with Gasteiger partial charge in [-0.15, -0.1) is 0 Å². The summed E-state index contributed by atoms with van der Waals surface area (Å²) in [5, 5.41) is 9.89. The van der Waals surface area contributed by atoms with Gasteiger partial charge in [0.15, 0.2) is 0 Å². The second kappa shape index (κ2) is 4.91. The average molecular weight is 260 g/mol. The molecule has 0 spiro atoms. The first-order chi connectivity index (χ1) is 9.33. The SMILES string of the molecule is OC1CCC2C(=CCC3C4CCCCC4CCC23)C1. The molecule has 6 atom stereocenters. The van der Waals surface area contributed by atoms with Crippen molar-refractivity contribution in [3.63, 3.8) is 0 Å². The van der Waals surface area contributed by atoms with Crippen molar-refractivity contribution in [2.45, 2.75) is 70.3 Å². The lowest BCUT2D eigenvalue weighted by Crippen LogP contribution is -2.43. The number of hydrogen-bond donors (Lipinski definition) is 1. The molecule has 0 bridgehead atoms. The van der Waals surface area contributed by atoms with Crippen molar-refractivity contribution in [3.8, 4) is 0 Å². The lowest BCUT2D eigenvalue weighted by Gasteiger charge is -2.51. The predicted molar refractivity (Wildman–Crippen MR) is 77.7 cm³/mol. The smallest absolute Gasteiger partial charge is 0.0577 e. The van der Waals surface area contributed by atoms with Crippen LogP contribution in [-0.4, -0.2) is 11.2 Å². The van der Waals surface area contributed by atoms with E-state index in [1.165, 1.54) is 51.4 Å². The van der Waals surface area contributed by atoms with E-state index >= 15 is 0 Å². The normalized spacial score (nSPS) is 49.6. The van der Waals surface area contributed by atoms with Gasteiger partial charge in [0.25, 0.3) is 0 Å². The number of rotatable bonds is 0. The summed E-state index contributed by atoms with van der Waals surface area (Å²) in [7, 11) is 0. The highest BCUT2D eigenvalue weighted by Crippen LogP contribution is 2.55. The van der Waals surface area contributed by atoms with Gasteiger partial charge < -0.3 is 5.11 Å². The first kappa shape index (κ1) is 12.4. The molecule has 1 heteroatoms. The maximum absolute atomic E-state index is 9.89. The summed E-state index contributed by atoms with van der Waals surface area (Å²) >= 11 is 0. The molecule has 4 aliphatic carbocycles. The molecule has 0 aromatic carbocycles. The Morgan fingerprint density at radius 2 is 1.74 bits per heavy atom. The van der Waals surface area contributed by atoms with Crippen molar-refractivity contribution in [2.24, 2.45) is 29.6 Å². The highest BCUT2D eigenvalue weighted by molar-refractivity contribution is 5.18. The molecular formula is C18H28O. The molecule has 106 valence electrons. The van der Waals surface area contributed by atoms with Crippen LogP contribution >= 0.6 is 0 Å². The Morgan fingerprint density at radius 1 is 0.842 bits per heavy atom. The van der Waals surface area contributed by atoms with Gasteiger partial charge in [-0.25, -0.2) is 0 Å². The minimum Gasteiger partial charge on any atom is -0.393 e. The molecule has 4 aliphatic rings. The van der Waals surface area contributed by atoms with E-state index in [0.717, 1.165) is 42.4 Å². The van der Waals surface area contributed by atoms with E-state index in [1.807, 2.05) is 0 Å². The van der Waals surface area contributed by atoms with Crippen molar-refractivity contribution < 1.29 is 5.11 Å². The molecule has 0 amide bonds. The van der Waals surface area contributed by atoms with Gasteiger partial charge in [0.1, 0.15) is 0 Å². The Kier molecular flexibility index (Phi) is 3.22. The van der Waals surface area contributed by atoms with E-state index in [0.29, 0.717) is 0 Å². The van der Waals surface area contributed by atoms with E-state index < -0.39 is 0 Å². The highest BCUT2D eigenvalue weighted by Gasteiger charge is 2.45. The second-order valence-electron chi connectivity index (χ2n) is 7.67. The fraction of sp³-hybridized carbons (Fsp3) is 0.889. The molecule has 0 aromatic rings. The molecule has 1 N–H and O–H groups in total. The van der Waals surface area contributed by atoms with Crippen LogP contribution in [0, 0.1) is 29.6 Å². The van der Waals surface area contributed by atoms with Crippen molar-refractivity contribution in [1.82, 2.24) is 0 Å². The second-order valence-corrected chi connectivity index (χ2v) is 7.67. The quantitative estimate of drug-likeness (QED) is 0.643. The summed E-state index contributed by atoms with van der Waals surface area (Å²) in [6, 6.07) is 0. The first-order valence-corrected chi connectivity index (χ1v) is 8.70. The van der Waals surface area contributed by atoms with Gasteiger partial charge in [-0.05, 0) is 74.5 Å². The molecule has 0 aromatic heterocycles. The van der Waals surface area contributed by atoms with E-state index in [4.69, 9.17) is 0 Å². The van der Waals surface area contributed by atoms with Gasteiger partial charge in [0, 0.05) is 0 Å². The Labute approximate surface area is 117 Å². The third kappa shape index (κ3) is 2.09. The molecule has 3 saturated carbocycles. The minimum absolute atomic E-state index is 0.0370. The van der Waals surface area contributed by atoms with Crippen LogP contribution in [0.3, 0.4) is 0 Å². The third-order valence-electron chi connectivity index (χ3n) is 6.87. The summed E-state index contributed by atoms with van der Waals surface area (Å²) in [6.07, 6.45) is 16.2. The zero-order chi connectivity index (χ0) is 12.8. The predicted octanol–water partition coefficient (Wildman–Crippen LogP) is 4.31. The van der Waals surface area contributed by atoms with Gasteiger partial charge >= 0.3 is 0 Å². The number of fused-ring (bicyclic) bond motifs is 5. The van der Waals surface area contributed by atoms with Crippen LogP contribution in [0.4, 0.5) is 0 Å². The molecule has 4 rings (SSSR count). The van der Waals surface area contributed by atoms with Gasteiger partial charge in [-0.2, -0.15) is 0 Å². The monoisotopic (exact) mass is 260 g/mol. The number of aliphatic hydroxyl groups is 1. The van der Waals surface area contributed by atoms with Crippen LogP contribution in [0.5, 0.6) is 0 Å². The molecule has 0 saturated heterocycles. The average Bonchev–Trinajstić information content (AvgIpc) is 2.46. The van der Waals surface area contributed by atoms with E-state index in [2.05, 4.69) is 6.08 Å². The Bertz CT molecular complexity index is 372. The molecule has 6 unspecified atom stereocenters. The van der Waals surface area contributed by atoms with Crippen LogP contribution in [-0.2, 0) is 0 Å². The van der Waals surface area contributed by atoms with Gasteiger partial charge in [0.2, 0.25) is 0 Å². The summed E-state index contributed by atoms with van der Waals surface area (Å²) < 4.78 is 0. The Hall–Kier alpha value is -0.300. The lowest BCUT2D eigenvalue weighted by molar-refractivity contribution is 0.0121. The number of hydrogen-bond acceptors (Lipinski definition) is 1. The minimum atomic E-state index is -0.0370. The summed E-state index contributed by atoms with van der Waals surface area (Å²) in [6.45, 7) is 0. The van der Waals surface area contributed by atoms with Crippen LogP contribution in [0.1, 0.15) is 64.2 Å². The zero-order valence-electron chi connectivity index (χ0n) is 12.1. The number of allylic oxidation sites excluding steroid dienone is 1. The maximum Gasteiger partial charge on any atom is 0.0577 e. The lowest BCUT2D eigenvalue weighted by atomic mass is 9.54. The Balaban J connectivity index is 1.57. The molecule has 1 nitrogen and oxygen atoms in total. The molecule has 19 heavy (non-hydrogen) atoms. The molecule has 0 radical (unpaired) electrons. The molecule has 0 heterocycles. The number of aliphatic hydroxyl groups excluding tert-OH is 1. The van der Waals surface area contributed by atoms with Crippen molar-refractivity contribution in [1.29, 1.82) is 0 Å². The van der Waals surface area contributed by atoms with Crippen molar-refractivity contribution in [2.75, 3.05) is 0 Å². The first-order valence-electron chi connectivity index (χ1n) is 8.70. The molecular weight excluding hydrogens is 232 g/mol. The fourth-order valence-corrected chi connectivity index (χ4v) is 6.04. The van der Waals surface area contributed by atoms with Crippen LogP contribution < -0.4 is 0 Å². The van der Waals surface area contributed by atoms with E-state index in [-0.39, 0.29) is 6.10 Å². The van der Waals surface area contributed by atoms with Crippen LogP contribution in [0.25, 0.3) is 0 Å². The summed E-state index contributed by atoms with van der Waals surface area (Å²) in [4.78, 5) is 0. The van der Waals surface area contributed by atoms with Crippen LogP contribution in [0.15, 0.2) is 11.6 Å². The third-order valence-corrected chi connectivity index (χ3v) is 6.87. The summed E-state index contributed by atoms with van der Waals surface area (Å²) in [5.74, 6) is 4.95. The largest absolute Gasteiger partial charge is 0.393 e. The molecule has 0 aliphatic heterocycles. The topological polar surface area (TPSA) is 20.2 Å². The van der Waals surface area contributed by atoms with Gasteiger partial charge in [-0.1, -0.05) is 30.9 Å². The van der Waals surface area contributed by atoms with Gasteiger partial charge in [-0.3, -0.25) is 0 Å². The standard InChI is InChI=1S/C18H28O/c19-14-7-10-16-13(11-14)6-9-17-15-4-2-1-3-12(15)5-8-18(16)17/h6,12,14-19H,1-5,7-11H2. The van der Waals surface area contributed by atoms with Crippen LogP contribution in [0.2, 0.25) is 0 Å². The van der Waals surface area contributed by atoms with E-state index in [1.54, 1.807) is 5.57 Å². The zero-order valence-corrected chi connectivity index (χ0v) is 12.1. The fourth-order valence-electron chi connectivity index (χ4n) is 6.04.